The number of aromatic nitrogens is 3. The Morgan fingerprint density at radius 1 is 1.31 bits per heavy atom. The molecule has 0 aliphatic rings. The first-order valence-corrected chi connectivity index (χ1v) is 4.23. The van der Waals surface area contributed by atoms with Gasteiger partial charge >= 0.3 is 0 Å². The van der Waals surface area contributed by atoms with Gasteiger partial charge in [0.15, 0.2) is 5.82 Å². The van der Waals surface area contributed by atoms with Crippen LogP contribution in [0.15, 0.2) is 12.5 Å². The topological polar surface area (TPSA) is 41.6 Å². The molecule has 0 radical (unpaired) electrons. The number of fused-ring (bicyclic) bond motifs is 1. The molecule has 2 rings (SSSR count). The molecule has 0 atom stereocenters. The highest BCUT2D eigenvalue weighted by Gasteiger charge is 2.05. The van der Waals surface area contributed by atoms with Crippen LogP contribution in [0.3, 0.4) is 0 Å². The number of aromatic amines is 1. The average Bonchev–Trinajstić information content (AvgIpc) is 2.64. The Hall–Kier alpha value is -1.45. The van der Waals surface area contributed by atoms with Gasteiger partial charge in [0.1, 0.15) is 5.52 Å². The molecule has 70 valence electrons. The minimum atomic E-state index is -0.383. The van der Waals surface area contributed by atoms with Crippen LogP contribution in [0.1, 0.15) is 19.5 Å². The van der Waals surface area contributed by atoms with Gasteiger partial charge in [-0.05, 0) is 6.92 Å². The Labute approximate surface area is 76.0 Å². The second kappa shape index (κ2) is 3.98. The van der Waals surface area contributed by atoms with Crippen molar-refractivity contribution in [1.29, 1.82) is 0 Å². The van der Waals surface area contributed by atoms with E-state index in [1.165, 1.54) is 12.5 Å². The van der Waals surface area contributed by atoms with Crippen molar-refractivity contribution in [2.75, 3.05) is 0 Å². The van der Waals surface area contributed by atoms with Gasteiger partial charge in [-0.15, -0.1) is 0 Å². The minimum absolute atomic E-state index is 0.359. The van der Waals surface area contributed by atoms with Crippen molar-refractivity contribution in [2.45, 2.75) is 20.8 Å². The van der Waals surface area contributed by atoms with Crippen molar-refractivity contribution in [3.05, 3.63) is 24.0 Å². The van der Waals surface area contributed by atoms with E-state index in [0.717, 1.165) is 5.69 Å². The van der Waals surface area contributed by atoms with Crippen molar-refractivity contribution in [3.8, 4) is 0 Å². The molecule has 2 aromatic heterocycles. The summed E-state index contributed by atoms with van der Waals surface area (Å²) < 4.78 is 12.9. The predicted octanol–water partition coefficient (Wildman–Crippen LogP) is 2.43. The van der Waals surface area contributed by atoms with Gasteiger partial charge in [-0.2, -0.15) is 0 Å². The number of nitrogens with zero attached hydrogens (tertiary/aromatic N) is 2. The molecule has 3 nitrogen and oxygen atoms in total. The van der Waals surface area contributed by atoms with Gasteiger partial charge in [-0.3, -0.25) is 4.98 Å². The van der Waals surface area contributed by atoms with Gasteiger partial charge in [0.05, 0.1) is 23.7 Å². The first kappa shape index (κ1) is 9.64. The second-order valence-electron chi connectivity index (χ2n) is 2.32. The number of rotatable bonds is 0. The van der Waals surface area contributed by atoms with Crippen molar-refractivity contribution in [3.63, 3.8) is 0 Å². The normalized spacial score (nSPS) is 9.54. The Morgan fingerprint density at radius 3 is 2.62 bits per heavy atom. The van der Waals surface area contributed by atoms with Crippen molar-refractivity contribution in [2.24, 2.45) is 0 Å². The molecule has 0 aliphatic carbocycles. The number of hydrogen-bond acceptors (Lipinski definition) is 2. The molecule has 4 heteroatoms. The van der Waals surface area contributed by atoms with Gasteiger partial charge in [0.2, 0.25) is 0 Å². The molecule has 0 aromatic carbocycles. The Morgan fingerprint density at radius 2 is 2.00 bits per heavy atom. The standard InChI is InChI=1S/C7H6FN3.C2H6/c1-4-6-7(11-3-10-6)5(8)2-9-4;1-2/h2-3H,1H3,(H,10,11);1-2H3. The summed E-state index contributed by atoms with van der Waals surface area (Å²) in [5, 5.41) is 0. The quantitative estimate of drug-likeness (QED) is 0.678. The van der Waals surface area contributed by atoms with Crippen LogP contribution in [0, 0.1) is 12.7 Å². The molecule has 0 aliphatic heterocycles. The monoisotopic (exact) mass is 181 g/mol. The number of pyridine rings is 1. The number of hydrogen-bond donors (Lipinski definition) is 1. The summed E-state index contributed by atoms with van der Waals surface area (Å²) in [5.41, 5.74) is 1.79. The van der Waals surface area contributed by atoms with E-state index in [-0.39, 0.29) is 5.82 Å². The van der Waals surface area contributed by atoms with Crippen LogP contribution in [-0.2, 0) is 0 Å². The highest BCUT2D eigenvalue weighted by atomic mass is 19.1. The molecule has 0 amide bonds. The van der Waals surface area contributed by atoms with Crippen LogP contribution >= 0.6 is 0 Å². The average molecular weight is 181 g/mol. The second-order valence-corrected chi connectivity index (χ2v) is 2.32. The maximum atomic E-state index is 12.9. The van der Waals surface area contributed by atoms with Crippen LogP contribution < -0.4 is 0 Å². The summed E-state index contributed by atoms with van der Waals surface area (Å²) >= 11 is 0. The fourth-order valence-electron chi connectivity index (χ4n) is 1.03. The van der Waals surface area contributed by atoms with E-state index in [4.69, 9.17) is 0 Å². The van der Waals surface area contributed by atoms with Crippen LogP contribution in [0.25, 0.3) is 11.0 Å². The first-order chi connectivity index (χ1) is 6.29. The zero-order chi connectivity index (χ0) is 9.84. The van der Waals surface area contributed by atoms with E-state index in [9.17, 15) is 4.39 Å². The van der Waals surface area contributed by atoms with Crippen molar-refractivity contribution >= 4 is 11.0 Å². The van der Waals surface area contributed by atoms with Gasteiger partial charge in [-0.1, -0.05) is 13.8 Å². The van der Waals surface area contributed by atoms with Crippen LogP contribution in [-0.4, -0.2) is 15.0 Å². The summed E-state index contributed by atoms with van der Waals surface area (Å²) in [5.74, 6) is -0.383. The summed E-state index contributed by atoms with van der Waals surface area (Å²) in [7, 11) is 0. The highest BCUT2D eigenvalue weighted by Crippen LogP contribution is 2.14. The lowest BCUT2D eigenvalue weighted by Crippen LogP contribution is -1.86. The van der Waals surface area contributed by atoms with E-state index >= 15 is 0 Å². The summed E-state index contributed by atoms with van der Waals surface area (Å²) in [4.78, 5) is 10.5. The highest BCUT2D eigenvalue weighted by molar-refractivity contribution is 5.76. The number of H-pyrrole nitrogens is 1. The largest absolute Gasteiger partial charge is 0.343 e. The first-order valence-electron chi connectivity index (χ1n) is 4.23. The van der Waals surface area contributed by atoms with E-state index < -0.39 is 0 Å². The lowest BCUT2D eigenvalue weighted by atomic mass is 10.3. The third kappa shape index (κ3) is 1.66. The molecule has 13 heavy (non-hydrogen) atoms. The predicted molar refractivity (Wildman–Crippen MR) is 49.9 cm³/mol. The van der Waals surface area contributed by atoms with E-state index in [0.29, 0.717) is 11.0 Å². The Bertz CT molecular complexity index is 359. The Balaban J connectivity index is 0.000000396. The minimum Gasteiger partial charge on any atom is -0.343 e. The molecular weight excluding hydrogens is 169 g/mol. The van der Waals surface area contributed by atoms with Crippen LogP contribution in [0.5, 0.6) is 0 Å². The van der Waals surface area contributed by atoms with Crippen LogP contribution in [0.2, 0.25) is 0 Å². The smallest absolute Gasteiger partial charge is 0.169 e. The van der Waals surface area contributed by atoms with Crippen molar-refractivity contribution < 1.29 is 4.39 Å². The maximum Gasteiger partial charge on any atom is 0.169 e. The van der Waals surface area contributed by atoms with Gasteiger partial charge in [-0.25, -0.2) is 9.37 Å². The summed E-state index contributed by atoms with van der Waals surface area (Å²) in [6.07, 6.45) is 2.64. The SMILES string of the molecule is CC.Cc1ncc(F)c2nc[nH]c12. The fourth-order valence-corrected chi connectivity index (χ4v) is 1.03. The molecule has 0 spiro atoms. The molecule has 0 unspecified atom stereocenters. The zero-order valence-electron chi connectivity index (χ0n) is 7.93. The summed E-state index contributed by atoms with van der Waals surface area (Å²) in [6.45, 7) is 5.81. The molecule has 0 fully saturated rings. The molecular formula is C9H12FN3. The molecule has 0 saturated heterocycles. The van der Waals surface area contributed by atoms with E-state index in [1.807, 2.05) is 13.8 Å². The molecule has 0 saturated carbocycles. The Kier molecular flexibility index (Phi) is 2.95. The molecule has 1 N–H and O–H groups in total. The fraction of sp³-hybridized carbons (Fsp3) is 0.333. The third-order valence-corrected chi connectivity index (χ3v) is 1.60. The number of halogens is 1. The lowest BCUT2D eigenvalue weighted by molar-refractivity contribution is 0.630. The number of imidazole rings is 1. The van der Waals surface area contributed by atoms with Gasteiger partial charge < -0.3 is 4.98 Å². The molecule has 2 aromatic rings. The molecule has 2 heterocycles. The van der Waals surface area contributed by atoms with Gasteiger partial charge in [0.25, 0.3) is 0 Å². The number of nitrogens with one attached hydrogen (secondary N) is 1. The number of aryl methyl sites for hydroxylation is 1. The van der Waals surface area contributed by atoms with Crippen molar-refractivity contribution in [1.82, 2.24) is 15.0 Å². The maximum absolute atomic E-state index is 12.9. The zero-order valence-corrected chi connectivity index (χ0v) is 7.93. The summed E-state index contributed by atoms with van der Waals surface area (Å²) in [6, 6.07) is 0. The third-order valence-electron chi connectivity index (χ3n) is 1.60. The molecule has 0 bridgehead atoms. The van der Waals surface area contributed by atoms with E-state index in [2.05, 4.69) is 15.0 Å². The van der Waals surface area contributed by atoms with Crippen LogP contribution in [0.4, 0.5) is 4.39 Å². The van der Waals surface area contributed by atoms with Gasteiger partial charge in [0, 0.05) is 0 Å². The van der Waals surface area contributed by atoms with E-state index in [1.54, 1.807) is 6.92 Å². The lowest BCUT2D eigenvalue weighted by Gasteiger charge is -1.93.